The Morgan fingerprint density at radius 2 is 1.47 bits per heavy atom. The second-order valence-electron chi connectivity index (χ2n) is 11.6. The lowest BCUT2D eigenvalue weighted by molar-refractivity contribution is -0.660. The molecule has 0 bridgehead atoms. The van der Waals surface area contributed by atoms with Crippen molar-refractivity contribution in [1.82, 2.24) is 0 Å². The Bertz CT molecular complexity index is 1650. The summed E-state index contributed by atoms with van der Waals surface area (Å²) in [5.74, 6) is 0.798. The van der Waals surface area contributed by atoms with Crippen LogP contribution in [0.5, 0.6) is 0 Å². The van der Waals surface area contributed by atoms with E-state index in [2.05, 4.69) is 88.0 Å². The molecule has 0 amide bonds. The molecule has 38 heavy (non-hydrogen) atoms. The van der Waals surface area contributed by atoms with Crippen molar-refractivity contribution in [2.24, 2.45) is 7.05 Å². The van der Waals surface area contributed by atoms with Gasteiger partial charge in [0.15, 0.2) is 6.20 Å². The second kappa shape index (κ2) is 9.69. The first-order chi connectivity index (χ1) is 18.3. The van der Waals surface area contributed by atoms with Crippen molar-refractivity contribution in [3.63, 3.8) is 0 Å². The number of aryl methyl sites for hydroxylation is 3. The van der Waals surface area contributed by atoms with E-state index in [9.17, 15) is 0 Å². The van der Waals surface area contributed by atoms with Crippen molar-refractivity contribution in [1.29, 1.82) is 0 Å². The third-order valence-electron chi connectivity index (χ3n) is 8.64. The zero-order chi connectivity index (χ0) is 26.6. The number of aromatic nitrogens is 1. The first kappa shape index (κ1) is 24.9. The summed E-state index contributed by atoms with van der Waals surface area (Å²) in [5, 5.41) is 1.97. The lowest BCUT2D eigenvalue weighted by atomic mass is 9.83. The maximum absolute atomic E-state index is 15.5. The summed E-state index contributed by atoms with van der Waals surface area (Å²) in [6, 6.07) is 18.6. The Morgan fingerprint density at radius 3 is 2.16 bits per heavy atom. The molecule has 1 fully saturated rings. The van der Waals surface area contributed by atoms with Gasteiger partial charge >= 0.3 is 0 Å². The fourth-order valence-electron chi connectivity index (χ4n) is 6.59. The Balaban J connectivity index is 1.54. The molecule has 0 radical (unpaired) electrons. The number of rotatable bonds is 4. The van der Waals surface area contributed by atoms with Crippen LogP contribution in [0.4, 0.5) is 4.39 Å². The maximum atomic E-state index is 15.5. The fourth-order valence-corrected chi connectivity index (χ4v) is 6.59. The van der Waals surface area contributed by atoms with E-state index >= 15 is 4.39 Å². The molecular weight excluding hydrogens is 469 g/mol. The van der Waals surface area contributed by atoms with E-state index in [0.29, 0.717) is 23.0 Å². The summed E-state index contributed by atoms with van der Waals surface area (Å²) in [6.07, 6.45) is 8.66. The van der Waals surface area contributed by atoms with Crippen molar-refractivity contribution in [2.75, 3.05) is 0 Å². The van der Waals surface area contributed by atoms with Crippen LogP contribution in [-0.2, 0) is 7.05 Å². The standard InChI is InChI=1S/C35H37FNO/c1-21(2)29-19-31(37(5)20-23(29)4)32-22(3)11-16-27-28-17-18-30(36)33(35(28)38-34(27)32)26-14-12-25(13-15-26)24-9-7-6-8-10-24/h11-21,24H,6-10H2,1-5H3/q+1. The van der Waals surface area contributed by atoms with E-state index < -0.39 is 0 Å². The Hall–Kier alpha value is -3.46. The molecule has 2 heterocycles. The molecule has 3 aromatic carbocycles. The molecule has 0 spiro atoms. The van der Waals surface area contributed by atoms with E-state index in [1.165, 1.54) is 48.8 Å². The molecule has 2 nitrogen and oxygen atoms in total. The summed E-state index contributed by atoms with van der Waals surface area (Å²) in [5.41, 5.74) is 10.2. The second-order valence-corrected chi connectivity index (χ2v) is 11.6. The molecule has 194 valence electrons. The minimum atomic E-state index is -0.247. The van der Waals surface area contributed by atoms with Gasteiger partial charge in [-0.3, -0.25) is 0 Å². The summed E-state index contributed by atoms with van der Waals surface area (Å²) < 4.78 is 24.3. The van der Waals surface area contributed by atoms with E-state index in [1.54, 1.807) is 6.07 Å². The van der Waals surface area contributed by atoms with Crippen molar-refractivity contribution in [3.8, 4) is 22.4 Å². The average Bonchev–Trinajstić information content (AvgIpc) is 3.28. The zero-order valence-electron chi connectivity index (χ0n) is 23.2. The number of fused-ring (bicyclic) bond motifs is 3. The van der Waals surface area contributed by atoms with Gasteiger partial charge in [0.1, 0.15) is 24.0 Å². The molecule has 0 aliphatic heterocycles. The number of pyridine rings is 1. The highest BCUT2D eigenvalue weighted by Crippen LogP contribution is 2.42. The van der Waals surface area contributed by atoms with Crippen LogP contribution >= 0.6 is 0 Å². The fraction of sp³-hybridized carbons (Fsp3) is 0.343. The summed E-state index contributed by atoms with van der Waals surface area (Å²) in [7, 11) is 2.09. The highest BCUT2D eigenvalue weighted by molar-refractivity contribution is 6.13. The van der Waals surface area contributed by atoms with Gasteiger partial charge in [-0.25, -0.2) is 8.96 Å². The topological polar surface area (TPSA) is 17.0 Å². The summed E-state index contributed by atoms with van der Waals surface area (Å²) in [6.45, 7) is 8.76. The van der Waals surface area contributed by atoms with Gasteiger partial charge in [-0.05, 0) is 72.9 Å². The molecule has 5 aromatic rings. The third kappa shape index (κ3) is 4.13. The van der Waals surface area contributed by atoms with Crippen LogP contribution in [-0.4, -0.2) is 0 Å². The molecule has 3 heteroatoms. The molecule has 2 aromatic heterocycles. The molecule has 0 unspecified atom stereocenters. The maximum Gasteiger partial charge on any atom is 0.216 e. The van der Waals surface area contributed by atoms with Gasteiger partial charge in [-0.2, -0.15) is 0 Å². The lowest BCUT2D eigenvalue weighted by Gasteiger charge is -2.22. The van der Waals surface area contributed by atoms with Gasteiger partial charge in [0, 0.05) is 22.4 Å². The van der Waals surface area contributed by atoms with Gasteiger partial charge in [-0.15, -0.1) is 0 Å². The van der Waals surface area contributed by atoms with Crippen LogP contribution in [0, 0.1) is 19.7 Å². The van der Waals surface area contributed by atoms with Crippen LogP contribution in [0.1, 0.15) is 80.0 Å². The molecule has 1 saturated carbocycles. The van der Waals surface area contributed by atoms with E-state index in [0.717, 1.165) is 38.7 Å². The third-order valence-corrected chi connectivity index (χ3v) is 8.64. The zero-order valence-corrected chi connectivity index (χ0v) is 23.2. The van der Waals surface area contributed by atoms with Gasteiger partial charge < -0.3 is 4.42 Å². The Labute approximate surface area is 225 Å². The predicted molar refractivity (Wildman–Crippen MR) is 155 cm³/mol. The number of hydrogen-bond donors (Lipinski definition) is 0. The molecule has 1 aliphatic carbocycles. The Morgan fingerprint density at radius 1 is 0.816 bits per heavy atom. The van der Waals surface area contributed by atoms with Crippen LogP contribution in [0.25, 0.3) is 44.3 Å². The molecule has 0 saturated heterocycles. The van der Waals surface area contributed by atoms with Crippen molar-refractivity contribution < 1.29 is 13.4 Å². The van der Waals surface area contributed by atoms with E-state index in [4.69, 9.17) is 4.42 Å². The van der Waals surface area contributed by atoms with Crippen LogP contribution < -0.4 is 4.57 Å². The largest absolute Gasteiger partial charge is 0.454 e. The number of furan rings is 1. The van der Waals surface area contributed by atoms with Crippen molar-refractivity contribution in [3.05, 3.63) is 88.9 Å². The van der Waals surface area contributed by atoms with Crippen LogP contribution in [0.3, 0.4) is 0 Å². The van der Waals surface area contributed by atoms with Gasteiger partial charge in [0.25, 0.3) is 0 Å². The minimum absolute atomic E-state index is 0.247. The highest BCUT2D eigenvalue weighted by atomic mass is 19.1. The molecule has 0 atom stereocenters. The molecule has 0 N–H and O–H groups in total. The summed E-state index contributed by atoms with van der Waals surface area (Å²) >= 11 is 0. The first-order valence-electron chi connectivity index (χ1n) is 14.1. The molecule has 6 rings (SSSR count). The number of benzene rings is 3. The predicted octanol–water partition coefficient (Wildman–Crippen LogP) is 9.67. The molecule has 1 aliphatic rings. The van der Waals surface area contributed by atoms with Gasteiger partial charge in [0.2, 0.25) is 5.69 Å². The summed E-state index contributed by atoms with van der Waals surface area (Å²) in [4.78, 5) is 0. The average molecular weight is 507 g/mol. The van der Waals surface area contributed by atoms with Gasteiger partial charge in [-0.1, -0.05) is 69.5 Å². The van der Waals surface area contributed by atoms with E-state index in [1.807, 2.05) is 6.07 Å². The van der Waals surface area contributed by atoms with Gasteiger partial charge in [0.05, 0.1) is 11.1 Å². The molecular formula is C35H37FNO+. The SMILES string of the molecule is Cc1c[n+](C)c(-c2c(C)ccc3c2oc2c(-c4ccc(C5CCCCC5)cc4)c(F)ccc23)cc1C(C)C. The highest BCUT2D eigenvalue weighted by Gasteiger charge is 2.25. The normalized spacial score (nSPS) is 14.7. The van der Waals surface area contributed by atoms with Crippen molar-refractivity contribution in [2.45, 2.75) is 71.6 Å². The first-order valence-corrected chi connectivity index (χ1v) is 14.1. The minimum Gasteiger partial charge on any atom is -0.454 e. The number of halogens is 1. The van der Waals surface area contributed by atoms with E-state index in [-0.39, 0.29) is 5.82 Å². The van der Waals surface area contributed by atoms with Crippen LogP contribution in [0.15, 0.2) is 65.2 Å². The van der Waals surface area contributed by atoms with Crippen molar-refractivity contribution >= 4 is 21.9 Å². The van der Waals surface area contributed by atoms with Crippen LogP contribution in [0.2, 0.25) is 0 Å². The Kier molecular flexibility index (Phi) is 6.34. The smallest absolute Gasteiger partial charge is 0.216 e. The number of nitrogens with zero attached hydrogens (tertiary/aromatic N) is 1. The number of hydrogen-bond acceptors (Lipinski definition) is 1. The quantitative estimate of drug-likeness (QED) is 0.222. The monoisotopic (exact) mass is 506 g/mol. The lowest BCUT2D eigenvalue weighted by Crippen LogP contribution is -2.32.